The molecule has 1 aromatic heterocycles. The van der Waals surface area contributed by atoms with Crippen LogP contribution in [0, 0.1) is 0 Å². The molecule has 13 rings (SSSR count). The smallest absolute Gasteiger partial charge is 0.0541 e. The highest BCUT2D eigenvalue weighted by Crippen LogP contribution is 2.49. The van der Waals surface area contributed by atoms with Crippen LogP contribution in [0.25, 0.3) is 104 Å². The maximum Gasteiger partial charge on any atom is 0.0541 e. The molecule has 2 heteroatoms. The van der Waals surface area contributed by atoms with Crippen molar-refractivity contribution in [1.29, 1.82) is 0 Å². The molecule has 66 heavy (non-hydrogen) atoms. The van der Waals surface area contributed by atoms with Gasteiger partial charge in [0, 0.05) is 32.8 Å². The van der Waals surface area contributed by atoms with Gasteiger partial charge in [-0.1, -0.05) is 212 Å². The van der Waals surface area contributed by atoms with E-state index in [0.717, 1.165) is 28.2 Å². The van der Waals surface area contributed by atoms with Crippen molar-refractivity contribution in [2.24, 2.45) is 0 Å². The molecule has 308 valence electrons. The Bertz CT molecular complexity index is 3880. The first-order valence-corrected chi connectivity index (χ1v) is 22.8. The van der Waals surface area contributed by atoms with E-state index >= 15 is 0 Å². The Morgan fingerprint density at radius 2 is 0.742 bits per heavy atom. The topological polar surface area (TPSA) is 8.17 Å². The number of hydrogen-bond acceptors (Lipinski definition) is 1. The molecular weight excluding hydrogens is 797 g/mol. The first-order chi connectivity index (χ1) is 32.8. The molecule has 0 amide bonds. The molecule has 0 N–H and O–H groups in total. The lowest BCUT2D eigenvalue weighted by Crippen LogP contribution is -2.12. The molecule has 13 aromatic rings. The number of rotatable bonds is 8. The minimum Gasteiger partial charge on any atom is -0.309 e. The van der Waals surface area contributed by atoms with Gasteiger partial charge in [-0.15, -0.1) is 0 Å². The lowest BCUT2D eigenvalue weighted by atomic mass is 9.90. The summed E-state index contributed by atoms with van der Waals surface area (Å²) in [5.74, 6) is 0. The van der Waals surface area contributed by atoms with Crippen LogP contribution >= 0.6 is 0 Å². The van der Waals surface area contributed by atoms with Gasteiger partial charge in [-0.2, -0.15) is 0 Å². The molecule has 12 aromatic carbocycles. The molecule has 0 radical (unpaired) electrons. The van der Waals surface area contributed by atoms with Crippen LogP contribution in [0.1, 0.15) is 0 Å². The SMILES string of the molecule is c1ccc(-c2ccccc2-c2cccc(N(c3ccccc3-c3ccccc3-c3ccccc3)c3ccc4ccc5c(-n6c7ccccc7c7ccccc76)ccc6ccc3c4c65)c2)cc1. The second-order valence-corrected chi connectivity index (χ2v) is 17.2. The average molecular weight is 839 g/mol. The van der Waals surface area contributed by atoms with Crippen LogP contribution in [0.5, 0.6) is 0 Å². The van der Waals surface area contributed by atoms with E-state index in [2.05, 4.69) is 264 Å². The Morgan fingerprint density at radius 3 is 1.41 bits per heavy atom. The van der Waals surface area contributed by atoms with Gasteiger partial charge in [0.25, 0.3) is 0 Å². The molecule has 0 saturated heterocycles. The standard InChI is InChI=1S/C64H42N2/c1-3-18-43(19-4-1)49-24-7-8-26-51(49)47-22-17-23-48(42-47)65(58-31-14-11-28-53(58)52-27-10-9-25-50(52)44-20-5-2-6-21-44)61-40-36-45-35-39-57-62(41-37-46-34-38-56(61)63(45)64(46)57)66-59-32-15-12-29-54(59)55-30-13-16-33-60(55)66/h1-42H. The Kier molecular flexibility index (Phi) is 8.89. The van der Waals surface area contributed by atoms with Crippen LogP contribution < -0.4 is 4.90 Å². The fourth-order valence-electron chi connectivity index (χ4n) is 10.7. The lowest BCUT2D eigenvalue weighted by Gasteiger charge is -2.30. The van der Waals surface area contributed by atoms with Gasteiger partial charge in [-0.25, -0.2) is 0 Å². The molecule has 2 nitrogen and oxygen atoms in total. The fraction of sp³-hybridized carbons (Fsp3) is 0. The third-order valence-corrected chi connectivity index (χ3v) is 13.6. The molecule has 0 atom stereocenters. The Balaban J connectivity index is 1.08. The third kappa shape index (κ3) is 6.04. The number of hydrogen-bond donors (Lipinski definition) is 0. The van der Waals surface area contributed by atoms with E-state index in [9.17, 15) is 0 Å². The summed E-state index contributed by atoms with van der Waals surface area (Å²) in [6, 6.07) is 93.3. The van der Waals surface area contributed by atoms with Crippen molar-refractivity contribution in [2.75, 3.05) is 4.90 Å². The lowest BCUT2D eigenvalue weighted by molar-refractivity contribution is 1.20. The van der Waals surface area contributed by atoms with E-state index in [1.54, 1.807) is 0 Å². The van der Waals surface area contributed by atoms with Crippen LogP contribution in [0.4, 0.5) is 17.1 Å². The average Bonchev–Trinajstić information content (AvgIpc) is 3.73. The molecule has 0 saturated carbocycles. The Hall–Kier alpha value is -8.72. The highest BCUT2D eigenvalue weighted by molar-refractivity contribution is 6.27. The normalized spacial score (nSPS) is 11.6. The van der Waals surface area contributed by atoms with Gasteiger partial charge in [-0.05, 0) is 103 Å². The van der Waals surface area contributed by atoms with Crippen LogP contribution in [0.15, 0.2) is 255 Å². The number of aromatic nitrogens is 1. The Morgan fingerprint density at radius 1 is 0.273 bits per heavy atom. The largest absolute Gasteiger partial charge is 0.309 e. The number of benzene rings is 12. The summed E-state index contributed by atoms with van der Waals surface area (Å²) in [6.45, 7) is 0. The van der Waals surface area contributed by atoms with E-state index in [1.165, 1.54) is 93.2 Å². The van der Waals surface area contributed by atoms with Crippen molar-refractivity contribution in [3.63, 3.8) is 0 Å². The molecule has 0 aliphatic heterocycles. The van der Waals surface area contributed by atoms with Gasteiger partial charge < -0.3 is 9.47 Å². The highest BCUT2D eigenvalue weighted by atomic mass is 15.1. The van der Waals surface area contributed by atoms with E-state index in [1.807, 2.05) is 0 Å². The monoisotopic (exact) mass is 838 g/mol. The van der Waals surface area contributed by atoms with Gasteiger partial charge in [-0.3, -0.25) is 0 Å². The zero-order valence-electron chi connectivity index (χ0n) is 36.1. The van der Waals surface area contributed by atoms with Gasteiger partial charge in [0.15, 0.2) is 0 Å². The van der Waals surface area contributed by atoms with E-state index in [0.29, 0.717) is 0 Å². The summed E-state index contributed by atoms with van der Waals surface area (Å²) in [5.41, 5.74) is 16.4. The van der Waals surface area contributed by atoms with Crippen molar-refractivity contribution in [3.05, 3.63) is 255 Å². The van der Waals surface area contributed by atoms with Crippen molar-refractivity contribution in [3.8, 4) is 50.2 Å². The quantitative estimate of drug-likeness (QED) is 0.138. The highest BCUT2D eigenvalue weighted by Gasteiger charge is 2.24. The fourth-order valence-corrected chi connectivity index (χ4v) is 10.7. The number of anilines is 3. The van der Waals surface area contributed by atoms with Crippen molar-refractivity contribution in [2.45, 2.75) is 0 Å². The van der Waals surface area contributed by atoms with Crippen LogP contribution in [-0.4, -0.2) is 4.57 Å². The second-order valence-electron chi connectivity index (χ2n) is 17.2. The first-order valence-electron chi connectivity index (χ1n) is 22.8. The molecule has 0 spiro atoms. The van der Waals surface area contributed by atoms with Crippen molar-refractivity contribution >= 4 is 71.2 Å². The van der Waals surface area contributed by atoms with Crippen molar-refractivity contribution < 1.29 is 0 Å². The zero-order valence-corrected chi connectivity index (χ0v) is 36.1. The second kappa shape index (κ2) is 15.5. The third-order valence-electron chi connectivity index (χ3n) is 13.6. The van der Waals surface area contributed by atoms with E-state index in [-0.39, 0.29) is 0 Å². The van der Waals surface area contributed by atoms with Gasteiger partial charge in [0.1, 0.15) is 0 Å². The van der Waals surface area contributed by atoms with E-state index < -0.39 is 0 Å². The number of para-hydroxylation sites is 3. The summed E-state index contributed by atoms with van der Waals surface area (Å²) in [4.78, 5) is 2.51. The van der Waals surface area contributed by atoms with Crippen molar-refractivity contribution in [1.82, 2.24) is 4.57 Å². The maximum atomic E-state index is 2.51. The van der Waals surface area contributed by atoms with Crippen LogP contribution in [0.3, 0.4) is 0 Å². The summed E-state index contributed by atoms with van der Waals surface area (Å²) in [6.07, 6.45) is 0. The van der Waals surface area contributed by atoms with Gasteiger partial charge in [0.2, 0.25) is 0 Å². The molecular formula is C64H42N2. The number of fused-ring (bicyclic) bond motifs is 3. The summed E-state index contributed by atoms with van der Waals surface area (Å²) < 4.78 is 2.46. The zero-order chi connectivity index (χ0) is 43.6. The molecule has 0 bridgehead atoms. The van der Waals surface area contributed by atoms with Gasteiger partial charge in [0.05, 0.1) is 28.1 Å². The van der Waals surface area contributed by atoms with Gasteiger partial charge >= 0.3 is 0 Å². The molecule has 0 aliphatic rings. The Labute approximate surface area is 383 Å². The minimum absolute atomic E-state index is 1.08. The van der Waals surface area contributed by atoms with E-state index in [4.69, 9.17) is 0 Å². The summed E-state index contributed by atoms with van der Waals surface area (Å²) >= 11 is 0. The predicted octanol–water partition coefficient (Wildman–Crippen LogP) is 17.8. The first kappa shape index (κ1) is 37.8. The molecule has 0 fully saturated rings. The molecule has 0 aliphatic carbocycles. The summed E-state index contributed by atoms with van der Waals surface area (Å²) in [5, 5.41) is 9.95. The molecule has 0 unspecified atom stereocenters. The number of nitrogens with zero attached hydrogens (tertiary/aromatic N) is 2. The predicted molar refractivity (Wildman–Crippen MR) is 281 cm³/mol. The molecule has 1 heterocycles. The van der Waals surface area contributed by atoms with Crippen LogP contribution in [-0.2, 0) is 0 Å². The summed E-state index contributed by atoms with van der Waals surface area (Å²) in [7, 11) is 0. The van der Waals surface area contributed by atoms with Crippen LogP contribution in [0.2, 0.25) is 0 Å². The minimum atomic E-state index is 1.08. The maximum absolute atomic E-state index is 2.51.